The zero-order valence-electron chi connectivity index (χ0n) is 6.04. The van der Waals surface area contributed by atoms with Gasteiger partial charge in [-0.2, -0.15) is 0 Å². The van der Waals surface area contributed by atoms with E-state index in [0.29, 0.717) is 0 Å². The van der Waals surface area contributed by atoms with Crippen LogP contribution in [0.15, 0.2) is 29.2 Å². The molecule has 0 aliphatic carbocycles. The first-order valence-electron chi connectivity index (χ1n) is 3.59. The van der Waals surface area contributed by atoms with Gasteiger partial charge in [0.2, 0.25) is 0 Å². The zero-order valence-corrected chi connectivity index (χ0v) is 6.94. The smallest absolute Gasteiger partial charge is 0.0457 e. The van der Waals surface area contributed by atoms with Crippen LogP contribution in [0.3, 0.4) is 0 Å². The van der Waals surface area contributed by atoms with E-state index in [1.165, 1.54) is 11.3 Å². The van der Waals surface area contributed by atoms with Crippen molar-refractivity contribution in [2.75, 3.05) is 11.9 Å². The maximum absolute atomic E-state index is 4.28. The lowest BCUT2D eigenvalue weighted by Crippen LogP contribution is -2.06. The van der Waals surface area contributed by atoms with E-state index in [4.69, 9.17) is 0 Å². The van der Waals surface area contributed by atoms with Crippen molar-refractivity contribution in [3.05, 3.63) is 34.7 Å². The molecule has 0 bridgehead atoms. The van der Waals surface area contributed by atoms with Crippen molar-refractivity contribution >= 4 is 24.4 Å². The summed E-state index contributed by atoms with van der Waals surface area (Å²) in [6.45, 7) is 0.847. The van der Waals surface area contributed by atoms with Crippen LogP contribution in [0.4, 0.5) is 5.69 Å². The van der Waals surface area contributed by atoms with E-state index >= 15 is 0 Å². The SMILES string of the molecule is SC1=Cc2ccccc2NC1. The van der Waals surface area contributed by atoms with Crippen molar-refractivity contribution in [3.63, 3.8) is 0 Å². The van der Waals surface area contributed by atoms with Crippen LogP contribution in [-0.2, 0) is 0 Å². The van der Waals surface area contributed by atoms with Gasteiger partial charge in [0.1, 0.15) is 0 Å². The van der Waals surface area contributed by atoms with E-state index in [1.54, 1.807) is 0 Å². The topological polar surface area (TPSA) is 12.0 Å². The van der Waals surface area contributed by atoms with Gasteiger partial charge in [0.05, 0.1) is 0 Å². The summed E-state index contributed by atoms with van der Waals surface area (Å²) in [5.41, 5.74) is 2.43. The van der Waals surface area contributed by atoms with Crippen LogP contribution >= 0.6 is 12.6 Å². The maximum atomic E-state index is 4.28. The van der Waals surface area contributed by atoms with Crippen molar-refractivity contribution < 1.29 is 0 Å². The molecule has 56 valence electrons. The summed E-state index contributed by atoms with van der Waals surface area (Å²) in [5, 5.41) is 3.27. The number of rotatable bonds is 0. The van der Waals surface area contributed by atoms with E-state index < -0.39 is 0 Å². The first kappa shape index (κ1) is 6.80. The summed E-state index contributed by atoms with van der Waals surface area (Å²) < 4.78 is 0. The number of fused-ring (bicyclic) bond motifs is 1. The molecular formula is C9H9NS. The van der Waals surface area contributed by atoms with E-state index in [0.717, 1.165) is 11.4 Å². The average molecular weight is 163 g/mol. The molecule has 1 aliphatic rings. The molecule has 0 unspecified atom stereocenters. The zero-order chi connectivity index (χ0) is 7.68. The van der Waals surface area contributed by atoms with Crippen molar-refractivity contribution in [2.45, 2.75) is 0 Å². The van der Waals surface area contributed by atoms with Gasteiger partial charge in [-0.1, -0.05) is 18.2 Å². The fraction of sp³-hybridized carbons (Fsp3) is 0.111. The molecule has 0 spiro atoms. The Morgan fingerprint density at radius 2 is 2.09 bits per heavy atom. The predicted octanol–water partition coefficient (Wildman–Crippen LogP) is 2.38. The Hall–Kier alpha value is -0.890. The van der Waals surface area contributed by atoms with Gasteiger partial charge in [-0.3, -0.25) is 0 Å². The molecule has 0 atom stereocenters. The molecule has 1 aliphatic heterocycles. The molecule has 0 radical (unpaired) electrons. The van der Waals surface area contributed by atoms with Gasteiger partial charge in [-0.25, -0.2) is 0 Å². The predicted molar refractivity (Wildman–Crippen MR) is 51.9 cm³/mol. The Morgan fingerprint density at radius 1 is 1.27 bits per heavy atom. The fourth-order valence-electron chi connectivity index (χ4n) is 1.20. The minimum absolute atomic E-state index is 0.847. The van der Waals surface area contributed by atoms with Crippen LogP contribution in [0.25, 0.3) is 6.08 Å². The number of anilines is 1. The van der Waals surface area contributed by atoms with Gasteiger partial charge in [-0.15, -0.1) is 12.6 Å². The summed E-state index contributed by atoms with van der Waals surface area (Å²) in [6, 6.07) is 8.22. The first-order chi connectivity index (χ1) is 5.36. The third-order valence-corrected chi connectivity index (χ3v) is 2.03. The summed E-state index contributed by atoms with van der Waals surface area (Å²) in [6.07, 6.45) is 2.09. The molecule has 1 N–H and O–H groups in total. The van der Waals surface area contributed by atoms with Crippen molar-refractivity contribution in [1.29, 1.82) is 0 Å². The number of benzene rings is 1. The highest BCUT2D eigenvalue weighted by molar-refractivity contribution is 7.84. The second-order valence-electron chi connectivity index (χ2n) is 2.58. The summed E-state index contributed by atoms with van der Waals surface area (Å²) in [5.74, 6) is 0. The van der Waals surface area contributed by atoms with Crippen LogP contribution in [0, 0.1) is 0 Å². The minimum Gasteiger partial charge on any atom is -0.380 e. The molecule has 2 rings (SSSR count). The number of hydrogen-bond donors (Lipinski definition) is 2. The van der Waals surface area contributed by atoms with Crippen LogP contribution in [0.5, 0.6) is 0 Å². The maximum Gasteiger partial charge on any atom is 0.0457 e. The van der Waals surface area contributed by atoms with E-state index in [2.05, 4.69) is 36.2 Å². The Bertz CT molecular complexity index is 304. The third-order valence-electron chi connectivity index (χ3n) is 1.74. The van der Waals surface area contributed by atoms with Gasteiger partial charge in [0.15, 0.2) is 0 Å². The molecule has 0 saturated heterocycles. The quantitative estimate of drug-likeness (QED) is 0.560. The highest BCUT2D eigenvalue weighted by Gasteiger charge is 2.04. The molecule has 0 saturated carbocycles. The Kier molecular flexibility index (Phi) is 1.62. The van der Waals surface area contributed by atoms with Gasteiger partial charge >= 0.3 is 0 Å². The number of nitrogens with one attached hydrogen (secondary N) is 1. The van der Waals surface area contributed by atoms with Crippen LogP contribution in [-0.4, -0.2) is 6.54 Å². The average Bonchev–Trinajstić information content (AvgIpc) is 2.04. The molecule has 1 aromatic rings. The van der Waals surface area contributed by atoms with Crippen LogP contribution < -0.4 is 5.32 Å². The van der Waals surface area contributed by atoms with E-state index in [9.17, 15) is 0 Å². The molecular weight excluding hydrogens is 154 g/mol. The van der Waals surface area contributed by atoms with E-state index in [-0.39, 0.29) is 0 Å². The fourth-order valence-corrected chi connectivity index (χ4v) is 1.42. The summed E-state index contributed by atoms with van der Waals surface area (Å²) in [7, 11) is 0. The van der Waals surface area contributed by atoms with Gasteiger partial charge in [0, 0.05) is 17.1 Å². The van der Waals surface area contributed by atoms with Crippen LogP contribution in [0.2, 0.25) is 0 Å². The number of thiol groups is 1. The molecule has 0 aromatic heterocycles. The first-order valence-corrected chi connectivity index (χ1v) is 4.03. The Labute approximate surface area is 71.5 Å². The minimum atomic E-state index is 0.847. The Balaban J connectivity index is 2.51. The Morgan fingerprint density at radius 3 is 3.00 bits per heavy atom. The monoisotopic (exact) mass is 163 g/mol. The lowest BCUT2D eigenvalue weighted by molar-refractivity contribution is 1.29. The van der Waals surface area contributed by atoms with Gasteiger partial charge in [-0.05, 0) is 17.7 Å². The standard InChI is InChI=1S/C9H9NS/c11-8-5-7-3-1-2-4-9(7)10-6-8/h1-5,10-11H,6H2. The normalized spacial score (nSPS) is 14.8. The molecule has 1 heterocycles. The lowest BCUT2D eigenvalue weighted by atomic mass is 10.1. The molecule has 1 aromatic carbocycles. The molecule has 0 amide bonds. The summed E-state index contributed by atoms with van der Waals surface area (Å²) >= 11 is 4.28. The van der Waals surface area contributed by atoms with Crippen molar-refractivity contribution in [1.82, 2.24) is 0 Å². The largest absolute Gasteiger partial charge is 0.380 e. The van der Waals surface area contributed by atoms with Crippen LogP contribution in [0.1, 0.15) is 5.56 Å². The van der Waals surface area contributed by atoms with Gasteiger partial charge in [0.25, 0.3) is 0 Å². The van der Waals surface area contributed by atoms with Crippen molar-refractivity contribution in [3.8, 4) is 0 Å². The van der Waals surface area contributed by atoms with Gasteiger partial charge < -0.3 is 5.32 Å². The summed E-state index contributed by atoms with van der Waals surface area (Å²) in [4.78, 5) is 1.09. The molecule has 0 fully saturated rings. The lowest BCUT2D eigenvalue weighted by Gasteiger charge is -2.14. The highest BCUT2D eigenvalue weighted by atomic mass is 32.1. The molecule has 2 heteroatoms. The third kappa shape index (κ3) is 1.26. The second-order valence-corrected chi connectivity index (χ2v) is 3.15. The highest BCUT2D eigenvalue weighted by Crippen LogP contribution is 2.23. The molecule has 1 nitrogen and oxygen atoms in total. The van der Waals surface area contributed by atoms with E-state index in [1.807, 2.05) is 12.1 Å². The number of hydrogen-bond acceptors (Lipinski definition) is 2. The van der Waals surface area contributed by atoms with Crippen molar-refractivity contribution in [2.24, 2.45) is 0 Å². The molecule has 11 heavy (non-hydrogen) atoms. The number of para-hydroxylation sites is 1. The second kappa shape index (κ2) is 2.62.